The summed E-state index contributed by atoms with van der Waals surface area (Å²) in [6.07, 6.45) is 0. The first-order valence-corrected chi connectivity index (χ1v) is 7.98. The van der Waals surface area contributed by atoms with Crippen molar-refractivity contribution in [2.45, 2.75) is 19.5 Å². The molecule has 0 unspecified atom stereocenters. The van der Waals surface area contributed by atoms with Crippen molar-refractivity contribution in [1.29, 1.82) is 5.26 Å². The number of rotatable bonds is 5. The average Bonchev–Trinajstić information content (AvgIpc) is 2.64. The number of carbonyl (C=O) groups is 1. The van der Waals surface area contributed by atoms with Crippen LogP contribution in [0.3, 0.4) is 0 Å². The van der Waals surface area contributed by atoms with Crippen LogP contribution in [0.25, 0.3) is 0 Å². The van der Waals surface area contributed by atoms with Gasteiger partial charge in [0.15, 0.2) is 5.78 Å². The topological polar surface area (TPSA) is 114 Å². The SMILES string of the molecule is C[C@@H](C(=O)c1c(N)n(C)c(=O)n(C)c1=O)N(C)Cc1cccc(C#N)c1. The van der Waals surface area contributed by atoms with Crippen LogP contribution in [0.1, 0.15) is 28.4 Å². The molecule has 1 aromatic carbocycles. The van der Waals surface area contributed by atoms with E-state index in [9.17, 15) is 14.4 Å². The lowest BCUT2D eigenvalue weighted by molar-refractivity contribution is 0.0860. The van der Waals surface area contributed by atoms with Crippen LogP contribution in [0.4, 0.5) is 5.82 Å². The van der Waals surface area contributed by atoms with Crippen LogP contribution in [0, 0.1) is 11.3 Å². The second-order valence-electron chi connectivity index (χ2n) is 6.23. The molecule has 0 saturated heterocycles. The van der Waals surface area contributed by atoms with E-state index in [0.717, 1.165) is 14.7 Å². The van der Waals surface area contributed by atoms with Gasteiger partial charge >= 0.3 is 5.69 Å². The molecule has 0 amide bonds. The highest BCUT2D eigenvalue weighted by molar-refractivity contribution is 6.03. The first kappa shape index (κ1) is 19.1. The number of hydrogen-bond donors (Lipinski definition) is 1. The van der Waals surface area contributed by atoms with E-state index in [1.807, 2.05) is 6.07 Å². The number of nitriles is 1. The van der Waals surface area contributed by atoms with E-state index in [0.29, 0.717) is 12.1 Å². The summed E-state index contributed by atoms with van der Waals surface area (Å²) in [5, 5.41) is 8.98. The minimum absolute atomic E-state index is 0.144. The van der Waals surface area contributed by atoms with Crippen molar-refractivity contribution in [2.24, 2.45) is 14.1 Å². The highest BCUT2D eigenvalue weighted by Gasteiger charge is 2.27. The second kappa shape index (κ2) is 7.37. The monoisotopic (exact) mass is 355 g/mol. The zero-order valence-electron chi connectivity index (χ0n) is 15.2. The van der Waals surface area contributed by atoms with Crippen LogP contribution in [-0.4, -0.2) is 32.9 Å². The van der Waals surface area contributed by atoms with Crippen LogP contribution in [0.2, 0.25) is 0 Å². The number of likely N-dealkylation sites (N-methyl/N-ethyl adjacent to an activating group) is 1. The lowest BCUT2D eigenvalue weighted by Crippen LogP contribution is -2.45. The number of aromatic nitrogens is 2. The summed E-state index contributed by atoms with van der Waals surface area (Å²) in [7, 11) is 4.46. The van der Waals surface area contributed by atoms with Gasteiger partial charge in [-0.25, -0.2) is 4.79 Å². The molecule has 26 heavy (non-hydrogen) atoms. The number of nitrogen functional groups attached to an aromatic ring is 1. The number of benzene rings is 1. The molecule has 8 nitrogen and oxygen atoms in total. The van der Waals surface area contributed by atoms with Gasteiger partial charge in [0.1, 0.15) is 11.4 Å². The molecule has 2 rings (SSSR count). The Labute approximate surface area is 150 Å². The first-order chi connectivity index (χ1) is 12.2. The first-order valence-electron chi connectivity index (χ1n) is 7.98. The van der Waals surface area contributed by atoms with E-state index < -0.39 is 23.1 Å². The lowest BCUT2D eigenvalue weighted by atomic mass is 10.0. The summed E-state index contributed by atoms with van der Waals surface area (Å²) in [5.74, 6) is -0.604. The van der Waals surface area contributed by atoms with E-state index in [1.54, 1.807) is 37.1 Å². The number of ketones is 1. The van der Waals surface area contributed by atoms with Gasteiger partial charge in [-0.1, -0.05) is 12.1 Å². The third-order valence-corrected chi connectivity index (χ3v) is 4.48. The van der Waals surface area contributed by atoms with Gasteiger partial charge in [-0.2, -0.15) is 5.26 Å². The van der Waals surface area contributed by atoms with E-state index in [-0.39, 0.29) is 11.4 Å². The summed E-state index contributed by atoms with van der Waals surface area (Å²) in [6.45, 7) is 2.08. The Bertz CT molecular complexity index is 1010. The molecular weight excluding hydrogens is 334 g/mol. The molecule has 1 heterocycles. The predicted octanol–water partition coefficient (Wildman–Crippen LogP) is 0.241. The van der Waals surface area contributed by atoms with Gasteiger partial charge in [0.25, 0.3) is 5.56 Å². The van der Waals surface area contributed by atoms with E-state index in [4.69, 9.17) is 11.0 Å². The molecule has 136 valence electrons. The largest absolute Gasteiger partial charge is 0.384 e. The van der Waals surface area contributed by atoms with Crippen LogP contribution >= 0.6 is 0 Å². The average molecular weight is 355 g/mol. The number of nitrogens with two attached hydrogens (primary N) is 1. The Morgan fingerprint density at radius 3 is 2.58 bits per heavy atom. The maximum atomic E-state index is 12.9. The smallest absolute Gasteiger partial charge is 0.332 e. The Hall–Kier alpha value is -3.18. The molecule has 1 aromatic heterocycles. The fourth-order valence-corrected chi connectivity index (χ4v) is 2.66. The summed E-state index contributed by atoms with van der Waals surface area (Å²) in [6, 6.07) is 8.50. The van der Waals surface area contributed by atoms with Crippen LogP contribution in [0.5, 0.6) is 0 Å². The molecule has 0 aliphatic carbocycles. The number of nitrogens with zero attached hydrogens (tertiary/aromatic N) is 4. The quantitative estimate of drug-likeness (QED) is 0.769. The molecule has 0 bridgehead atoms. The Kier molecular flexibility index (Phi) is 5.43. The molecule has 2 aromatic rings. The minimum Gasteiger partial charge on any atom is -0.384 e. The number of carbonyl (C=O) groups excluding carboxylic acids is 1. The van der Waals surface area contributed by atoms with Gasteiger partial charge in [-0.15, -0.1) is 0 Å². The van der Waals surface area contributed by atoms with Crippen molar-refractivity contribution in [2.75, 3.05) is 12.8 Å². The summed E-state index contributed by atoms with van der Waals surface area (Å²) in [5.41, 5.74) is 5.77. The number of hydrogen-bond acceptors (Lipinski definition) is 6. The van der Waals surface area contributed by atoms with Crippen molar-refractivity contribution >= 4 is 11.6 Å². The normalized spacial score (nSPS) is 12.0. The Morgan fingerprint density at radius 2 is 1.96 bits per heavy atom. The van der Waals surface area contributed by atoms with Gasteiger partial charge < -0.3 is 5.73 Å². The highest BCUT2D eigenvalue weighted by Crippen LogP contribution is 2.13. The number of anilines is 1. The van der Waals surface area contributed by atoms with Crippen molar-refractivity contribution < 1.29 is 4.79 Å². The fourth-order valence-electron chi connectivity index (χ4n) is 2.66. The van der Waals surface area contributed by atoms with E-state index in [2.05, 4.69) is 6.07 Å². The van der Waals surface area contributed by atoms with Gasteiger partial charge in [0.2, 0.25) is 0 Å². The van der Waals surface area contributed by atoms with Crippen molar-refractivity contribution in [3.8, 4) is 6.07 Å². The van der Waals surface area contributed by atoms with Gasteiger partial charge in [0.05, 0.1) is 17.7 Å². The van der Waals surface area contributed by atoms with Crippen molar-refractivity contribution in [3.63, 3.8) is 0 Å². The van der Waals surface area contributed by atoms with Gasteiger partial charge in [0, 0.05) is 20.6 Å². The molecule has 1 atom stereocenters. The maximum absolute atomic E-state index is 12.9. The van der Waals surface area contributed by atoms with Crippen molar-refractivity contribution in [3.05, 3.63) is 61.8 Å². The second-order valence-corrected chi connectivity index (χ2v) is 6.23. The van der Waals surface area contributed by atoms with E-state index in [1.165, 1.54) is 14.1 Å². The third-order valence-electron chi connectivity index (χ3n) is 4.48. The zero-order valence-corrected chi connectivity index (χ0v) is 15.2. The fraction of sp³-hybridized carbons (Fsp3) is 0.333. The Balaban J connectivity index is 2.34. The molecule has 8 heteroatoms. The molecule has 2 N–H and O–H groups in total. The van der Waals surface area contributed by atoms with Gasteiger partial charge in [-0.05, 0) is 31.7 Å². The summed E-state index contributed by atoms with van der Waals surface area (Å²) >= 11 is 0. The molecule has 0 spiro atoms. The lowest BCUT2D eigenvalue weighted by Gasteiger charge is -2.24. The highest BCUT2D eigenvalue weighted by atomic mass is 16.2. The Morgan fingerprint density at radius 1 is 1.31 bits per heavy atom. The number of Topliss-reactive ketones (excluding diaryl/α,β-unsaturated/α-hetero) is 1. The molecule has 0 fully saturated rings. The standard InChI is InChI=1S/C18H21N5O3/c1-11(21(2)10-13-7-5-6-12(8-13)9-19)15(24)14-16(20)22(3)18(26)23(4)17(14)25/h5-8,11H,10,20H2,1-4H3/t11-/m0/s1. The predicted molar refractivity (Wildman–Crippen MR) is 97.8 cm³/mol. The molecule has 0 radical (unpaired) electrons. The van der Waals surface area contributed by atoms with Crippen LogP contribution < -0.4 is 17.0 Å². The minimum atomic E-state index is -0.706. The summed E-state index contributed by atoms with van der Waals surface area (Å²) < 4.78 is 1.95. The molecule has 0 aliphatic rings. The molecular formula is C18H21N5O3. The zero-order chi connectivity index (χ0) is 19.6. The summed E-state index contributed by atoms with van der Waals surface area (Å²) in [4.78, 5) is 38.9. The maximum Gasteiger partial charge on any atom is 0.332 e. The molecule has 0 aliphatic heterocycles. The van der Waals surface area contributed by atoms with E-state index >= 15 is 0 Å². The third kappa shape index (κ3) is 3.43. The molecule has 0 saturated carbocycles. The van der Waals surface area contributed by atoms with Crippen LogP contribution in [0.15, 0.2) is 33.9 Å². The van der Waals surface area contributed by atoms with Gasteiger partial charge in [-0.3, -0.25) is 23.6 Å². The van der Waals surface area contributed by atoms with Crippen LogP contribution in [-0.2, 0) is 20.6 Å². The van der Waals surface area contributed by atoms with Crippen molar-refractivity contribution in [1.82, 2.24) is 14.0 Å².